The number of nitrogens with zero attached hydrogens (tertiary/aromatic N) is 2. The van der Waals surface area contributed by atoms with Crippen LogP contribution in [0.3, 0.4) is 0 Å². The maximum Gasteiger partial charge on any atom is 0.453 e. The van der Waals surface area contributed by atoms with Crippen LogP contribution in [0.25, 0.3) is 0 Å². The zero-order valence-electron chi connectivity index (χ0n) is 42.2. The number of hydrogen-bond acceptors (Lipinski definition) is 7. The zero-order chi connectivity index (χ0) is 48.9. The summed E-state index contributed by atoms with van der Waals surface area (Å²) in [6.45, 7) is 41.7. The summed E-state index contributed by atoms with van der Waals surface area (Å²) in [4.78, 5) is 4.82. The van der Waals surface area contributed by atoms with Gasteiger partial charge in [0.15, 0.2) is 0 Å². The van der Waals surface area contributed by atoms with Crippen molar-refractivity contribution in [3.8, 4) is 0 Å². The summed E-state index contributed by atoms with van der Waals surface area (Å²) < 4.78 is 127. The van der Waals surface area contributed by atoms with Crippen molar-refractivity contribution in [1.29, 1.82) is 0 Å². The second-order valence-electron chi connectivity index (χ2n) is 19.5. The fourth-order valence-corrected chi connectivity index (χ4v) is 4.98. The van der Waals surface area contributed by atoms with Crippen LogP contribution >= 0.6 is 0 Å². The Kier molecular flexibility index (Phi) is 37.8. The van der Waals surface area contributed by atoms with E-state index in [2.05, 4.69) is 116 Å². The van der Waals surface area contributed by atoms with Gasteiger partial charge >= 0.3 is 24.4 Å². The van der Waals surface area contributed by atoms with Crippen molar-refractivity contribution in [1.82, 2.24) is 9.80 Å². The molecule has 0 aromatic carbocycles. The molecule has 15 heteroatoms. The lowest BCUT2D eigenvalue weighted by Crippen LogP contribution is -2.52. The molecule has 0 aliphatic carbocycles. The van der Waals surface area contributed by atoms with Gasteiger partial charge in [0, 0.05) is 45.2 Å². The molecule has 0 bridgehead atoms. The second kappa shape index (κ2) is 34.5. The third-order valence-electron chi connectivity index (χ3n) is 8.59. The van der Waals surface area contributed by atoms with Crippen molar-refractivity contribution in [2.45, 2.75) is 212 Å². The molecular formula is C46H94F8N2O5. The van der Waals surface area contributed by atoms with E-state index >= 15 is 0 Å². The topological polar surface area (TPSA) is 52.6 Å². The van der Waals surface area contributed by atoms with Crippen LogP contribution in [0.2, 0.25) is 0 Å². The van der Waals surface area contributed by atoms with Crippen LogP contribution in [0.4, 0.5) is 35.1 Å². The Morgan fingerprint density at radius 3 is 1.16 bits per heavy atom. The van der Waals surface area contributed by atoms with Crippen LogP contribution in [0, 0.1) is 35.5 Å². The minimum absolute atomic E-state index is 0.199. The van der Waals surface area contributed by atoms with Gasteiger partial charge in [-0.05, 0) is 123 Å². The van der Waals surface area contributed by atoms with E-state index in [0.717, 1.165) is 37.4 Å². The molecule has 0 spiro atoms. The van der Waals surface area contributed by atoms with Gasteiger partial charge in [0.2, 0.25) is 0 Å². The van der Waals surface area contributed by atoms with E-state index in [1.54, 1.807) is 0 Å². The van der Waals surface area contributed by atoms with Crippen LogP contribution < -0.4 is 0 Å². The molecule has 0 fully saturated rings. The van der Waals surface area contributed by atoms with E-state index in [4.69, 9.17) is 14.2 Å². The molecule has 0 heterocycles. The molecule has 0 rings (SSSR count). The molecule has 0 aliphatic heterocycles. The van der Waals surface area contributed by atoms with Crippen LogP contribution in [0.15, 0.2) is 0 Å². The van der Waals surface area contributed by atoms with Crippen molar-refractivity contribution in [2.75, 3.05) is 53.6 Å². The summed E-state index contributed by atoms with van der Waals surface area (Å²) in [6.07, 6.45) is -18.0. The molecule has 0 aromatic rings. The number of likely N-dealkylation sites (N-methyl/N-ethyl adjacent to an activating group) is 2. The van der Waals surface area contributed by atoms with E-state index in [0.29, 0.717) is 24.7 Å². The molecule has 7 nitrogen and oxygen atoms in total. The molecule has 61 heavy (non-hydrogen) atoms. The number of halogens is 8. The van der Waals surface area contributed by atoms with E-state index in [-0.39, 0.29) is 12.2 Å². The average molecular weight is 907 g/mol. The Labute approximate surface area is 369 Å². The van der Waals surface area contributed by atoms with E-state index in [9.17, 15) is 35.1 Å². The van der Waals surface area contributed by atoms with Crippen LogP contribution in [0.1, 0.15) is 163 Å². The van der Waals surface area contributed by atoms with Crippen LogP contribution in [-0.2, 0) is 23.7 Å². The first kappa shape index (κ1) is 66.8. The van der Waals surface area contributed by atoms with Crippen molar-refractivity contribution in [3.05, 3.63) is 0 Å². The fraction of sp³-hybridized carbons (Fsp3) is 1.00. The molecule has 0 saturated heterocycles. The maximum atomic E-state index is 13.1. The van der Waals surface area contributed by atoms with Crippen molar-refractivity contribution >= 4 is 0 Å². The van der Waals surface area contributed by atoms with Gasteiger partial charge in [-0.25, -0.2) is 9.47 Å². The second-order valence-corrected chi connectivity index (χ2v) is 19.5. The van der Waals surface area contributed by atoms with Gasteiger partial charge < -0.3 is 24.0 Å². The van der Waals surface area contributed by atoms with Crippen molar-refractivity contribution < 1.29 is 58.8 Å². The molecule has 0 radical (unpaired) electrons. The fourth-order valence-electron chi connectivity index (χ4n) is 4.98. The summed E-state index contributed by atoms with van der Waals surface area (Å²) in [5, 5.41) is 0. The SMILES string of the molecule is CC(C)CC(C)OCC(C)OC(C)C.CC(C)CC(F)(F)OC(F)(F)C(F)(F)OC(F)(F)CC(C)C.CC(C)CCN(C)CCN(C)C(C)C.CC(C)CCOCCC(C)C. The molecular weight excluding hydrogens is 812 g/mol. The molecule has 0 aromatic heterocycles. The van der Waals surface area contributed by atoms with Gasteiger partial charge in [0.25, 0.3) is 0 Å². The van der Waals surface area contributed by atoms with Gasteiger partial charge in [0.1, 0.15) is 0 Å². The van der Waals surface area contributed by atoms with Gasteiger partial charge in [-0.15, -0.1) is 0 Å². The standard InChI is InChI=1S/C12H18F8O2.C12H28N2.C12H26O2.C10H22O/c1-7(2)5-9(13,14)21-11(17,18)12(19,20)22-10(15,16)6-8(3)4;1-11(2)7-8-13(5)9-10-14(6)12(3)4;1-9(2)7-11(5)13-8-12(6)14-10(3)4;1-9(2)5-7-11-8-6-10(3)4/h7-8H,5-6H2,1-4H3;11-12H,7-10H2,1-6H3;9-12H,7-8H2,1-6H3;9-10H,5-8H2,1-4H3. The number of rotatable bonds is 29. The highest BCUT2D eigenvalue weighted by Crippen LogP contribution is 2.45. The lowest BCUT2D eigenvalue weighted by molar-refractivity contribution is -0.514. The summed E-state index contributed by atoms with van der Waals surface area (Å²) in [5.41, 5.74) is 0. The number of ether oxygens (including phenoxy) is 5. The Hall–Kier alpha value is -0.840. The molecule has 0 saturated carbocycles. The quantitative estimate of drug-likeness (QED) is 0.0547. The Morgan fingerprint density at radius 1 is 0.459 bits per heavy atom. The van der Waals surface area contributed by atoms with Crippen LogP contribution in [0.5, 0.6) is 0 Å². The zero-order valence-corrected chi connectivity index (χ0v) is 42.2. The van der Waals surface area contributed by atoms with E-state index in [1.807, 2.05) is 13.8 Å². The van der Waals surface area contributed by atoms with Crippen LogP contribution in [-0.4, -0.2) is 112 Å². The van der Waals surface area contributed by atoms with Gasteiger partial charge in [0.05, 0.1) is 24.9 Å². The van der Waals surface area contributed by atoms with Gasteiger partial charge in [-0.1, -0.05) is 83.1 Å². The van der Waals surface area contributed by atoms with Crippen molar-refractivity contribution in [3.63, 3.8) is 0 Å². The highest BCUT2D eigenvalue weighted by Gasteiger charge is 2.67. The molecule has 374 valence electrons. The van der Waals surface area contributed by atoms with Gasteiger partial charge in [-0.2, -0.15) is 35.1 Å². The summed E-state index contributed by atoms with van der Waals surface area (Å²) in [5.74, 6) is 1.35. The monoisotopic (exact) mass is 907 g/mol. The predicted molar refractivity (Wildman–Crippen MR) is 236 cm³/mol. The first-order chi connectivity index (χ1) is 27.5. The molecule has 2 atom stereocenters. The highest BCUT2D eigenvalue weighted by molar-refractivity contribution is 4.73. The third-order valence-corrected chi connectivity index (χ3v) is 8.59. The molecule has 0 amide bonds. The smallest absolute Gasteiger partial charge is 0.381 e. The first-order valence-corrected chi connectivity index (χ1v) is 22.6. The van der Waals surface area contributed by atoms with Crippen molar-refractivity contribution in [2.24, 2.45) is 35.5 Å². The largest absolute Gasteiger partial charge is 0.453 e. The van der Waals surface area contributed by atoms with E-state index < -0.39 is 49.1 Å². The minimum Gasteiger partial charge on any atom is -0.381 e. The Balaban J connectivity index is -0.000000368. The number of hydrogen-bond donors (Lipinski definition) is 0. The normalized spacial score (nSPS) is 14.1. The summed E-state index contributed by atoms with van der Waals surface area (Å²) in [6, 6.07) is 0.661. The number of alkyl halides is 8. The predicted octanol–water partition coefficient (Wildman–Crippen LogP) is 14.1. The summed E-state index contributed by atoms with van der Waals surface area (Å²) in [7, 11) is 4.41. The average Bonchev–Trinajstić information content (AvgIpc) is 3.02. The minimum atomic E-state index is -5.92. The summed E-state index contributed by atoms with van der Waals surface area (Å²) >= 11 is 0. The highest BCUT2D eigenvalue weighted by atomic mass is 19.3. The maximum absolute atomic E-state index is 13.1. The lowest BCUT2D eigenvalue weighted by Gasteiger charge is -2.32. The first-order valence-electron chi connectivity index (χ1n) is 22.6. The Morgan fingerprint density at radius 2 is 0.852 bits per heavy atom. The Bertz CT molecular complexity index is 943. The molecule has 2 unspecified atom stereocenters. The van der Waals surface area contributed by atoms with E-state index in [1.165, 1.54) is 66.6 Å². The lowest BCUT2D eigenvalue weighted by atomic mass is 10.1. The molecule has 0 aliphatic rings. The van der Waals surface area contributed by atoms with Gasteiger partial charge in [-0.3, -0.25) is 0 Å². The molecule has 0 N–H and O–H groups in total. The third kappa shape index (κ3) is 45.5.